The van der Waals surface area contributed by atoms with Gasteiger partial charge < -0.3 is 15.8 Å². The number of rotatable bonds is 7. The van der Waals surface area contributed by atoms with Crippen molar-refractivity contribution >= 4 is 11.6 Å². The van der Waals surface area contributed by atoms with Gasteiger partial charge in [0.05, 0.1) is 4.92 Å². The zero-order valence-corrected chi connectivity index (χ0v) is 11.5. The molecule has 0 aromatic heterocycles. The molecule has 7 nitrogen and oxygen atoms in total. The highest BCUT2D eigenvalue weighted by Crippen LogP contribution is 2.40. The van der Waals surface area contributed by atoms with Crippen LogP contribution in [0.4, 0.5) is 10.1 Å². The Morgan fingerprint density at radius 1 is 1.62 bits per heavy atom. The van der Waals surface area contributed by atoms with Crippen molar-refractivity contribution in [1.82, 2.24) is 5.32 Å². The largest absolute Gasteiger partial charge is 0.484 e. The third-order valence-corrected chi connectivity index (χ3v) is 3.73. The number of carbonyl (C=O) groups is 1. The van der Waals surface area contributed by atoms with E-state index >= 15 is 0 Å². The van der Waals surface area contributed by atoms with Crippen molar-refractivity contribution in [3.63, 3.8) is 0 Å². The Labute approximate surface area is 120 Å². The van der Waals surface area contributed by atoms with Gasteiger partial charge in [-0.05, 0) is 31.9 Å². The number of nitro groups is 1. The van der Waals surface area contributed by atoms with E-state index in [0.717, 1.165) is 31.0 Å². The molecule has 1 aliphatic carbocycles. The molecular weight excluding hydrogens is 281 g/mol. The highest BCUT2D eigenvalue weighted by molar-refractivity contribution is 5.85. The molecule has 114 valence electrons. The summed E-state index contributed by atoms with van der Waals surface area (Å²) in [5.74, 6) is -1.45. The fourth-order valence-corrected chi connectivity index (χ4v) is 2.31. The quantitative estimate of drug-likeness (QED) is 0.576. The molecule has 0 aliphatic heterocycles. The zero-order chi connectivity index (χ0) is 15.6. The minimum Gasteiger partial charge on any atom is -0.484 e. The first-order valence-corrected chi connectivity index (χ1v) is 6.46. The van der Waals surface area contributed by atoms with Crippen LogP contribution in [0, 0.1) is 21.8 Å². The van der Waals surface area contributed by atoms with Gasteiger partial charge in [-0.25, -0.2) is 4.39 Å². The van der Waals surface area contributed by atoms with Gasteiger partial charge in [0, 0.05) is 12.1 Å². The summed E-state index contributed by atoms with van der Waals surface area (Å²) >= 11 is 0. The van der Waals surface area contributed by atoms with Gasteiger partial charge >= 0.3 is 5.69 Å². The number of nitrogens with one attached hydrogen (secondary N) is 1. The van der Waals surface area contributed by atoms with Crippen molar-refractivity contribution < 1.29 is 18.8 Å². The van der Waals surface area contributed by atoms with E-state index in [1.807, 2.05) is 0 Å². The van der Waals surface area contributed by atoms with Crippen molar-refractivity contribution in [2.24, 2.45) is 11.7 Å². The number of carbonyl (C=O) groups excluding carboxylic acids is 1. The van der Waals surface area contributed by atoms with Crippen LogP contribution in [0.25, 0.3) is 0 Å². The first-order valence-electron chi connectivity index (χ1n) is 6.46. The van der Waals surface area contributed by atoms with Gasteiger partial charge in [-0.1, -0.05) is 0 Å². The average molecular weight is 297 g/mol. The third kappa shape index (κ3) is 2.94. The van der Waals surface area contributed by atoms with Crippen molar-refractivity contribution in [2.45, 2.75) is 18.4 Å². The normalized spacial score (nSPS) is 17.0. The lowest BCUT2D eigenvalue weighted by Gasteiger charge is -2.30. The minimum atomic E-state index is -1.10. The number of nitro benzene ring substituents is 1. The highest BCUT2D eigenvalue weighted by Gasteiger charge is 2.49. The summed E-state index contributed by atoms with van der Waals surface area (Å²) in [6, 6.07) is 2.92. The molecular formula is C13H16FN3O4. The minimum absolute atomic E-state index is 0.0209. The summed E-state index contributed by atoms with van der Waals surface area (Å²) in [7, 11) is 1.58. The Morgan fingerprint density at radius 3 is 2.76 bits per heavy atom. The number of nitrogens with zero attached hydrogens (tertiary/aromatic N) is 1. The Hall–Kier alpha value is -2.22. The number of halogens is 1. The second-order valence-corrected chi connectivity index (χ2v) is 5.02. The van der Waals surface area contributed by atoms with Crippen LogP contribution in [0.15, 0.2) is 18.2 Å². The van der Waals surface area contributed by atoms with Gasteiger partial charge in [0.1, 0.15) is 18.0 Å². The predicted octanol–water partition coefficient (Wildman–Crippen LogP) is 0.966. The lowest BCUT2D eigenvalue weighted by Crippen LogP contribution is -2.59. The van der Waals surface area contributed by atoms with Gasteiger partial charge in [0.25, 0.3) is 0 Å². The Bertz CT molecular complexity index is 577. The average Bonchev–Trinajstić information content (AvgIpc) is 3.24. The molecule has 1 aromatic carbocycles. The summed E-state index contributed by atoms with van der Waals surface area (Å²) in [5, 5.41) is 13.8. The molecule has 1 fully saturated rings. The van der Waals surface area contributed by atoms with Gasteiger partial charge in [-0.2, -0.15) is 0 Å². The summed E-state index contributed by atoms with van der Waals surface area (Å²) in [6.45, 7) is -0.187. The van der Waals surface area contributed by atoms with E-state index in [-0.39, 0.29) is 24.0 Å². The number of likely N-dealkylation sites (N-methyl/N-ethyl adjacent to an activating group) is 1. The van der Waals surface area contributed by atoms with Crippen molar-refractivity contribution in [2.75, 3.05) is 13.7 Å². The number of hydrogen-bond acceptors (Lipinski definition) is 5. The highest BCUT2D eigenvalue weighted by atomic mass is 19.1. The van der Waals surface area contributed by atoms with Gasteiger partial charge in [0.15, 0.2) is 5.75 Å². The monoisotopic (exact) mass is 297 g/mol. The van der Waals surface area contributed by atoms with Gasteiger partial charge in [-0.15, -0.1) is 0 Å². The molecule has 0 bridgehead atoms. The number of amides is 1. The fraction of sp³-hybridized carbons (Fsp3) is 0.462. The molecule has 8 heteroatoms. The topological polar surface area (TPSA) is 107 Å². The molecule has 0 saturated heterocycles. The molecule has 1 atom stereocenters. The number of hydrogen-bond donors (Lipinski definition) is 2. The molecule has 1 amide bonds. The lowest BCUT2D eigenvalue weighted by molar-refractivity contribution is -0.386. The second kappa shape index (κ2) is 5.65. The zero-order valence-electron chi connectivity index (χ0n) is 11.5. The van der Waals surface area contributed by atoms with Crippen molar-refractivity contribution in [3.05, 3.63) is 34.1 Å². The van der Waals surface area contributed by atoms with E-state index in [1.54, 1.807) is 7.05 Å². The first kappa shape index (κ1) is 15.2. The molecule has 0 spiro atoms. The number of benzene rings is 1. The first-order chi connectivity index (χ1) is 9.90. The molecule has 0 radical (unpaired) electrons. The van der Waals surface area contributed by atoms with Gasteiger partial charge in [-0.3, -0.25) is 14.9 Å². The standard InChI is InChI=1S/C13H16FN3O4/c1-16-13(12(15)18,8-2-3-8)7-21-11-6-9(14)4-5-10(11)17(19)20/h4-6,8,16H,2-3,7H2,1H3,(H2,15,18). The van der Waals surface area contributed by atoms with Crippen LogP contribution >= 0.6 is 0 Å². The van der Waals surface area contributed by atoms with Crippen molar-refractivity contribution in [3.8, 4) is 5.75 Å². The van der Waals surface area contributed by atoms with Crippen LogP contribution < -0.4 is 15.8 Å². The molecule has 1 aromatic rings. The summed E-state index contributed by atoms with van der Waals surface area (Å²) in [5.41, 5.74) is 3.97. The molecule has 21 heavy (non-hydrogen) atoms. The smallest absolute Gasteiger partial charge is 0.311 e. The molecule has 3 N–H and O–H groups in total. The van der Waals surface area contributed by atoms with Crippen LogP contribution in [0.2, 0.25) is 0 Å². The Balaban J connectivity index is 2.23. The lowest BCUT2D eigenvalue weighted by atomic mass is 9.93. The van der Waals surface area contributed by atoms with E-state index in [2.05, 4.69) is 5.32 Å². The van der Waals surface area contributed by atoms with Gasteiger partial charge in [0.2, 0.25) is 5.91 Å². The summed E-state index contributed by atoms with van der Waals surface area (Å²) < 4.78 is 18.6. The van der Waals surface area contributed by atoms with E-state index in [1.165, 1.54) is 0 Å². The fourth-order valence-electron chi connectivity index (χ4n) is 2.31. The Morgan fingerprint density at radius 2 is 2.29 bits per heavy atom. The second-order valence-electron chi connectivity index (χ2n) is 5.02. The molecule has 1 saturated carbocycles. The van der Waals surface area contributed by atoms with E-state index < -0.39 is 22.2 Å². The van der Waals surface area contributed by atoms with E-state index in [4.69, 9.17) is 10.5 Å². The predicted molar refractivity (Wildman–Crippen MR) is 72.3 cm³/mol. The number of primary amides is 1. The summed E-state index contributed by atoms with van der Waals surface area (Å²) in [4.78, 5) is 21.9. The van der Waals surface area contributed by atoms with Crippen LogP contribution in [-0.4, -0.2) is 30.0 Å². The number of nitrogens with two attached hydrogens (primary N) is 1. The van der Waals surface area contributed by atoms with Crippen LogP contribution in [0.5, 0.6) is 5.75 Å². The number of ether oxygens (including phenoxy) is 1. The summed E-state index contributed by atoms with van der Waals surface area (Å²) in [6.07, 6.45) is 1.64. The van der Waals surface area contributed by atoms with E-state index in [0.29, 0.717) is 0 Å². The van der Waals surface area contributed by atoms with E-state index in [9.17, 15) is 19.3 Å². The maximum Gasteiger partial charge on any atom is 0.311 e. The molecule has 0 heterocycles. The maximum atomic E-state index is 13.2. The van der Waals surface area contributed by atoms with Crippen LogP contribution in [-0.2, 0) is 4.79 Å². The van der Waals surface area contributed by atoms with Crippen molar-refractivity contribution in [1.29, 1.82) is 0 Å². The third-order valence-electron chi connectivity index (χ3n) is 3.73. The molecule has 1 aliphatic rings. The van der Waals surface area contributed by atoms with Crippen LogP contribution in [0.1, 0.15) is 12.8 Å². The van der Waals surface area contributed by atoms with Crippen LogP contribution in [0.3, 0.4) is 0 Å². The SMILES string of the molecule is CNC(COc1cc(F)ccc1[N+](=O)[O-])(C(N)=O)C1CC1. The maximum absolute atomic E-state index is 13.2. The molecule has 1 unspecified atom stereocenters. The Kier molecular flexibility index (Phi) is 4.08. The molecule has 2 rings (SSSR count).